The molecule has 0 saturated heterocycles. The number of Topliss-reactive ketones (excluding diaryl/α,β-unsaturated/α-hetero) is 1. The predicted molar refractivity (Wildman–Crippen MR) is 104 cm³/mol. The Hall–Kier alpha value is -2.94. The molecular formula is C21H22N4O. The number of allylic oxidation sites excluding steroid dienone is 1. The third kappa shape index (κ3) is 2.80. The van der Waals surface area contributed by atoms with E-state index in [-0.39, 0.29) is 11.4 Å². The predicted octanol–water partition coefficient (Wildman–Crippen LogP) is 2.88. The lowest BCUT2D eigenvalue weighted by Gasteiger charge is -2.29. The fourth-order valence-electron chi connectivity index (χ4n) is 3.55. The molecule has 0 heterocycles. The molecule has 0 amide bonds. The highest BCUT2D eigenvalue weighted by atomic mass is 16.1. The number of rotatable bonds is 5. The van der Waals surface area contributed by atoms with Crippen LogP contribution in [-0.4, -0.2) is 26.9 Å². The number of carbonyl (C=O) groups is 1. The van der Waals surface area contributed by atoms with Crippen LogP contribution in [0.15, 0.2) is 54.1 Å². The lowest BCUT2D eigenvalue weighted by molar-refractivity contribution is 0.103. The van der Waals surface area contributed by atoms with Gasteiger partial charge in [-0.25, -0.2) is 0 Å². The summed E-state index contributed by atoms with van der Waals surface area (Å²) in [5.74, 6) is -0.241. The molecule has 0 unspecified atom stereocenters. The minimum Gasteiger partial charge on any atom is -0.388 e. The second-order valence-corrected chi connectivity index (χ2v) is 6.25. The Kier molecular flexibility index (Phi) is 4.90. The van der Waals surface area contributed by atoms with Crippen molar-refractivity contribution in [2.45, 2.75) is 12.1 Å². The van der Waals surface area contributed by atoms with E-state index in [9.17, 15) is 10.1 Å². The smallest absolute Gasteiger partial charge is 0.203 e. The first kappa shape index (κ1) is 17.9. The van der Waals surface area contributed by atoms with Crippen LogP contribution in [0.25, 0.3) is 5.57 Å². The van der Waals surface area contributed by atoms with Crippen molar-refractivity contribution < 1.29 is 4.79 Å². The van der Waals surface area contributed by atoms with Crippen LogP contribution in [0.2, 0.25) is 0 Å². The van der Waals surface area contributed by atoms with Crippen LogP contribution in [0.1, 0.15) is 27.9 Å². The third-order valence-electron chi connectivity index (χ3n) is 5.07. The van der Waals surface area contributed by atoms with E-state index in [1.54, 1.807) is 24.3 Å². The summed E-state index contributed by atoms with van der Waals surface area (Å²) in [6.45, 7) is 0. The first-order chi connectivity index (χ1) is 12.6. The third-order valence-corrected chi connectivity index (χ3v) is 5.07. The van der Waals surface area contributed by atoms with Crippen molar-refractivity contribution >= 4 is 17.0 Å². The zero-order chi connectivity index (χ0) is 18.7. The van der Waals surface area contributed by atoms with Crippen molar-refractivity contribution in [2.75, 3.05) is 26.5 Å². The molecular weight excluding hydrogens is 324 g/mol. The number of ketones is 1. The fraction of sp³-hybridized carbons (Fsp3) is 0.238. The van der Waals surface area contributed by atoms with E-state index in [4.69, 9.17) is 0 Å². The molecule has 5 nitrogen and oxygen atoms in total. The zero-order valence-corrected chi connectivity index (χ0v) is 15.2. The molecule has 0 bridgehead atoms. The van der Waals surface area contributed by atoms with E-state index >= 15 is 0 Å². The minimum absolute atomic E-state index is 0.196. The standard InChI is InChI=1S/C21H22N4O/c1-23-15-9-10-16-17(12-21(24-2,25-3)19(16)11-15)18(13-22)20(26)14-7-5-4-6-8-14/h4-11,23-25H,12H2,1-3H3. The Morgan fingerprint density at radius 3 is 2.35 bits per heavy atom. The van der Waals surface area contributed by atoms with Crippen LogP contribution in [0.4, 0.5) is 5.69 Å². The topological polar surface area (TPSA) is 76.9 Å². The van der Waals surface area contributed by atoms with Crippen molar-refractivity contribution in [3.63, 3.8) is 0 Å². The molecule has 1 aliphatic carbocycles. The van der Waals surface area contributed by atoms with Crippen LogP contribution in [0.5, 0.6) is 0 Å². The van der Waals surface area contributed by atoms with Crippen molar-refractivity contribution in [3.8, 4) is 6.07 Å². The van der Waals surface area contributed by atoms with Gasteiger partial charge in [-0.1, -0.05) is 36.4 Å². The lowest BCUT2D eigenvalue weighted by atomic mass is 9.95. The highest BCUT2D eigenvalue weighted by molar-refractivity contribution is 6.16. The van der Waals surface area contributed by atoms with E-state index in [0.717, 1.165) is 22.4 Å². The Labute approximate surface area is 153 Å². The summed E-state index contributed by atoms with van der Waals surface area (Å²) < 4.78 is 0. The maximum atomic E-state index is 12.9. The highest BCUT2D eigenvalue weighted by Crippen LogP contribution is 2.45. The second-order valence-electron chi connectivity index (χ2n) is 6.25. The number of nitrogens with one attached hydrogen (secondary N) is 3. The first-order valence-corrected chi connectivity index (χ1v) is 8.53. The highest BCUT2D eigenvalue weighted by Gasteiger charge is 2.41. The van der Waals surface area contributed by atoms with E-state index in [2.05, 4.69) is 28.1 Å². The van der Waals surface area contributed by atoms with Crippen molar-refractivity contribution in [3.05, 3.63) is 70.8 Å². The van der Waals surface area contributed by atoms with Crippen LogP contribution < -0.4 is 16.0 Å². The van der Waals surface area contributed by atoms with Crippen LogP contribution in [0.3, 0.4) is 0 Å². The van der Waals surface area contributed by atoms with Gasteiger partial charge in [-0.05, 0) is 42.9 Å². The largest absolute Gasteiger partial charge is 0.388 e. The molecule has 132 valence electrons. The molecule has 0 saturated carbocycles. The van der Waals surface area contributed by atoms with Gasteiger partial charge in [0.25, 0.3) is 0 Å². The number of fused-ring (bicyclic) bond motifs is 1. The molecule has 1 aliphatic rings. The van der Waals surface area contributed by atoms with E-state index < -0.39 is 5.66 Å². The van der Waals surface area contributed by atoms with Gasteiger partial charge < -0.3 is 5.32 Å². The molecule has 26 heavy (non-hydrogen) atoms. The number of carbonyl (C=O) groups excluding carboxylic acids is 1. The lowest BCUT2D eigenvalue weighted by Crippen LogP contribution is -2.49. The average molecular weight is 346 g/mol. The summed E-state index contributed by atoms with van der Waals surface area (Å²) in [7, 11) is 5.62. The number of hydrogen-bond donors (Lipinski definition) is 3. The van der Waals surface area contributed by atoms with Gasteiger partial charge in [-0.2, -0.15) is 5.26 Å². The summed E-state index contributed by atoms with van der Waals surface area (Å²) in [5, 5.41) is 19.6. The number of hydrogen-bond acceptors (Lipinski definition) is 5. The first-order valence-electron chi connectivity index (χ1n) is 8.53. The van der Waals surface area contributed by atoms with Crippen LogP contribution >= 0.6 is 0 Å². The SMILES string of the molecule is CNc1ccc2c(c1)C(NC)(NC)CC2=C(C#N)C(=O)c1ccccc1. The summed E-state index contributed by atoms with van der Waals surface area (Å²) in [6.07, 6.45) is 0.518. The molecule has 0 fully saturated rings. The van der Waals surface area contributed by atoms with Gasteiger partial charge in [0.2, 0.25) is 5.78 Å². The van der Waals surface area contributed by atoms with E-state index in [0.29, 0.717) is 12.0 Å². The molecule has 0 radical (unpaired) electrons. The molecule has 0 spiro atoms. The Balaban J connectivity index is 2.21. The normalized spacial score (nSPS) is 16.5. The van der Waals surface area contributed by atoms with Crippen LogP contribution in [0, 0.1) is 11.3 Å². The van der Waals surface area contributed by atoms with Crippen molar-refractivity contribution in [1.82, 2.24) is 10.6 Å². The van der Waals surface area contributed by atoms with Crippen LogP contribution in [-0.2, 0) is 5.66 Å². The molecule has 0 aliphatic heterocycles. The van der Waals surface area contributed by atoms with Crippen molar-refractivity contribution in [2.24, 2.45) is 0 Å². The molecule has 0 aromatic heterocycles. The Morgan fingerprint density at radius 1 is 1.08 bits per heavy atom. The van der Waals surface area contributed by atoms with E-state index in [1.807, 2.05) is 39.3 Å². The zero-order valence-electron chi connectivity index (χ0n) is 15.2. The van der Waals surface area contributed by atoms with Crippen molar-refractivity contribution in [1.29, 1.82) is 5.26 Å². The van der Waals surface area contributed by atoms with Gasteiger partial charge in [0, 0.05) is 24.7 Å². The Morgan fingerprint density at radius 2 is 1.77 bits per heavy atom. The fourth-order valence-corrected chi connectivity index (χ4v) is 3.55. The second kappa shape index (κ2) is 7.12. The molecule has 3 rings (SSSR count). The molecule has 0 atom stereocenters. The number of nitrogens with zero attached hydrogens (tertiary/aromatic N) is 1. The maximum Gasteiger partial charge on any atom is 0.203 e. The van der Waals surface area contributed by atoms with Gasteiger partial charge in [-0.15, -0.1) is 0 Å². The molecule has 2 aromatic carbocycles. The summed E-state index contributed by atoms with van der Waals surface area (Å²) in [6, 6.07) is 17.1. The quantitative estimate of drug-likeness (QED) is 0.336. The monoisotopic (exact) mass is 346 g/mol. The van der Waals surface area contributed by atoms with Gasteiger partial charge in [-0.3, -0.25) is 15.4 Å². The Bertz CT molecular complexity index is 905. The van der Waals surface area contributed by atoms with Gasteiger partial charge in [0.15, 0.2) is 0 Å². The van der Waals surface area contributed by atoms with E-state index in [1.165, 1.54) is 0 Å². The average Bonchev–Trinajstić information content (AvgIpc) is 3.03. The van der Waals surface area contributed by atoms with Gasteiger partial charge >= 0.3 is 0 Å². The minimum atomic E-state index is -0.517. The summed E-state index contributed by atoms with van der Waals surface area (Å²) in [4.78, 5) is 12.9. The molecule has 3 N–H and O–H groups in total. The number of anilines is 1. The maximum absolute atomic E-state index is 12.9. The number of nitriles is 1. The van der Waals surface area contributed by atoms with Gasteiger partial charge in [0.1, 0.15) is 11.6 Å². The summed E-state index contributed by atoms with van der Waals surface area (Å²) in [5.41, 5.74) is 3.90. The number of benzene rings is 2. The molecule has 5 heteroatoms. The molecule has 2 aromatic rings. The summed E-state index contributed by atoms with van der Waals surface area (Å²) >= 11 is 0. The van der Waals surface area contributed by atoms with Gasteiger partial charge in [0.05, 0.1) is 5.66 Å².